The molecular weight excluding hydrogens is 185 g/mol. The summed E-state index contributed by atoms with van der Waals surface area (Å²) in [5, 5.41) is 3.77. The third kappa shape index (κ3) is 8.53. The molecule has 0 unspecified atom stereocenters. The van der Waals surface area contributed by atoms with Crippen LogP contribution >= 0.6 is 0 Å². The molecule has 0 aliphatic rings. The van der Waals surface area contributed by atoms with E-state index in [0.29, 0.717) is 0 Å². The van der Waals surface area contributed by atoms with E-state index in [0.717, 1.165) is 0 Å². The van der Waals surface area contributed by atoms with Gasteiger partial charge in [0.2, 0.25) is 0 Å². The Morgan fingerprint density at radius 1 is 1.38 bits per heavy atom. The summed E-state index contributed by atoms with van der Waals surface area (Å²) >= 11 is 0. The number of amides is 2. The number of halogens is 3. The summed E-state index contributed by atoms with van der Waals surface area (Å²) in [5.41, 5.74) is 0. The predicted octanol–water partition coefficient (Wildman–Crippen LogP) is 0.871. The number of rotatable bonds is 2. The van der Waals surface area contributed by atoms with E-state index < -0.39 is 18.8 Å². The van der Waals surface area contributed by atoms with Gasteiger partial charge in [-0.05, 0) is 6.92 Å². The zero-order chi connectivity index (χ0) is 10.3. The number of urea groups is 1. The van der Waals surface area contributed by atoms with E-state index in [2.05, 4.69) is 17.2 Å². The first kappa shape index (κ1) is 11.6. The minimum atomic E-state index is -4.38. The van der Waals surface area contributed by atoms with Crippen LogP contribution < -0.4 is 10.6 Å². The summed E-state index contributed by atoms with van der Waals surface area (Å²) in [5.74, 6) is 4.95. The molecule has 74 valence electrons. The van der Waals surface area contributed by atoms with Crippen molar-refractivity contribution in [1.29, 1.82) is 0 Å². The highest BCUT2D eigenvalue weighted by molar-refractivity contribution is 5.74. The molecule has 0 aromatic carbocycles. The van der Waals surface area contributed by atoms with Crippen LogP contribution in [0.15, 0.2) is 0 Å². The summed E-state index contributed by atoms with van der Waals surface area (Å²) in [4.78, 5) is 10.6. The Labute approximate surface area is 73.7 Å². The highest BCUT2D eigenvalue weighted by Gasteiger charge is 2.27. The molecule has 0 heterocycles. The molecular formula is C7H9F3N2O. The molecule has 0 atom stereocenters. The Morgan fingerprint density at radius 3 is 2.46 bits per heavy atom. The summed E-state index contributed by atoms with van der Waals surface area (Å²) in [6.45, 7) is 0.272. The van der Waals surface area contributed by atoms with Crippen LogP contribution in [0.25, 0.3) is 0 Å². The maximum Gasteiger partial charge on any atom is 0.405 e. The quantitative estimate of drug-likeness (QED) is 0.629. The number of alkyl halides is 3. The second-order valence-electron chi connectivity index (χ2n) is 2.08. The molecule has 0 rings (SSSR count). The fraction of sp³-hybridized carbons (Fsp3) is 0.571. The average Bonchev–Trinajstić information content (AvgIpc) is 2.00. The molecule has 0 saturated heterocycles. The lowest BCUT2D eigenvalue weighted by atomic mass is 10.6. The lowest BCUT2D eigenvalue weighted by Gasteiger charge is -2.07. The Balaban J connectivity index is 3.56. The van der Waals surface area contributed by atoms with Crippen molar-refractivity contribution in [1.82, 2.24) is 10.6 Å². The van der Waals surface area contributed by atoms with Gasteiger partial charge < -0.3 is 10.6 Å². The molecule has 13 heavy (non-hydrogen) atoms. The van der Waals surface area contributed by atoms with Gasteiger partial charge in [0.05, 0.1) is 6.54 Å². The normalized spacial score (nSPS) is 9.85. The number of carbonyl (C=O) groups excluding carboxylic acids is 1. The van der Waals surface area contributed by atoms with Crippen molar-refractivity contribution in [3.63, 3.8) is 0 Å². The summed E-state index contributed by atoms with van der Waals surface area (Å²) in [6.07, 6.45) is -4.38. The number of hydrogen-bond donors (Lipinski definition) is 2. The first-order valence-electron chi connectivity index (χ1n) is 3.44. The zero-order valence-corrected chi connectivity index (χ0v) is 6.96. The Morgan fingerprint density at radius 2 is 2.00 bits per heavy atom. The van der Waals surface area contributed by atoms with Crippen molar-refractivity contribution in [2.75, 3.05) is 13.1 Å². The fourth-order valence-electron chi connectivity index (χ4n) is 0.456. The van der Waals surface area contributed by atoms with Crippen LogP contribution in [0.4, 0.5) is 18.0 Å². The summed E-state index contributed by atoms with van der Waals surface area (Å²) in [7, 11) is 0. The van der Waals surface area contributed by atoms with E-state index in [-0.39, 0.29) is 6.54 Å². The number of carbonyl (C=O) groups is 1. The molecule has 0 saturated carbocycles. The highest BCUT2D eigenvalue weighted by atomic mass is 19.4. The predicted molar refractivity (Wildman–Crippen MR) is 40.9 cm³/mol. The Hall–Kier alpha value is -1.38. The molecule has 0 aromatic heterocycles. The molecule has 0 spiro atoms. The second-order valence-corrected chi connectivity index (χ2v) is 2.08. The van der Waals surface area contributed by atoms with Crippen LogP contribution in [0.2, 0.25) is 0 Å². The molecule has 2 amide bonds. The molecule has 6 heteroatoms. The Kier molecular flexibility index (Phi) is 4.74. The third-order valence-electron chi connectivity index (χ3n) is 0.964. The largest absolute Gasteiger partial charge is 0.405 e. The second kappa shape index (κ2) is 5.30. The van der Waals surface area contributed by atoms with Crippen molar-refractivity contribution >= 4 is 6.03 Å². The van der Waals surface area contributed by atoms with Gasteiger partial charge in [0.1, 0.15) is 6.54 Å². The van der Waals surface area contributed by atoms with E-state index in [1.807, 2.05) is 0 Å². The Bertz CT molecular complexity index is 226. The molecule has 0 aromatic rings. The minimum Gasteiger partial charge on any atom is -0.329 e. The monoisotopic (exact) mass is 194 g/mol. The lowest BCUT2D eigenvalue weighted by molar-refractivity contribution is -0.122. The molecule has 0 bridgehead atoms. The molecule has 2 N–H and O–H groups in total. The molecule has 0 radical (unpaired) electrons. The minimum absolute atomic E-state index is 0.0419. The van der Waals surface area contributed by atoms with Crippen LogP contribution in [0, 0.1) is 11.8 Å². The summed E-state index contributed by atoms with van der Waals surface area (Å²) in [6, 6.07) is -0.875. The van der Waals surface area contributed by atoms with Crippen LogP contribution in [0.1, 0.15) is 6.92 Å². The smallest absolute Gasteiger partial charge is 0.329 e. The van der Waals surface area contributed by atoms with Crippen molar-refractivity contribution < 1.29 is 18.0 Å². The van der Waals surface area contributed by atoms with Gasteiger partial charge in [0.25, 0.3) is 0 Å². The van der Waals surface area contributed by atoms with Gasteiger partial charge in [-0.2, -0.15) is 13.2 Å². The van der Waals surface area contributed by atoms with E-state index in [1.165, 1.54) is 0 Å². The number of nitrogens with one attached hydrogen (secondary N) is 2. The van der Waals surface area contributed by atoms with Crippen LogP contribution in [-0.2, 0) is 0 Å². The molecule has 0 aliphatic carbocycles. The van der Waals surface area contributed by atoms with Gasteiger partial charge in [-0.1, -0.05) is 5.92 Å². The van der Waals surface area contributed by atoms with Crippen LogP contribution in [0.5, 0.6) is 0 Å². The lowest BCUT2D eigenvalue weighted by Crippen LogP contribution is -2.40. The van der Waals surface area contributed by atoms with Gasteiger partial charge in [0, 0.05) is 0 Å². The molecule has 3 nitrogen and oxygen atoms in total. The van der Waals surface area contributed by atoms with Crippen molar-refractivity contribution in [2.45, 2.75) is 13.1 Å². The zero-order valence-electron chi connectivity index (χ0n) is 6.96. The fourth-order valence-corrected chi connectivity index (χ4v) is 0.456. The topological polar surface area (TPSA) is 41.1 Å². The van der Waals surface area contributed by atoms with E-state index in [4.69, 9.17) is 0 Å². The average molecular weight is 194 g/mol. The van der Waals surface area contributed by atoms with Crippen molar-refractivity contribution in [2.24, 2.45) is 0 Å². The van der Waals surface area contributed by atoms with Gasteiger partial charge in [-0.15, -0.1) is 5.92 Å². The first-order chi connectivity index (χ1) is 5.95. The van der Waals surface area contributed by atoms with Gasteiger partial charge in [0.15, 0.2) is 0 Å². The van der Waals surface area contributed by atoms with Crippen molar-refractivity contribution in [3.05, 3.63) is 0 Å². The van der Waals surface area contributed by atoms with Gasteiger partial charge >= 0.3 is 12.2 Å². The van der Waals surface area contributed by atoms with Crippen LogP contribution in [0.3, 0.4) is 0 Å². The van der Waals surface area contributed by atoms with E-state index in [1.54, 1.807) is 12.2 Å². The van der Waals surface area contributed by atoms with Crippen molar-refractivity contribution in [3.8, 4) is 11.8 Å². The summed E-state index contributed by atoms with van der Waals surface area (Å²) < 4.78 is 34.6. The molecule has 0 aliphatic heterocycles. The first-order valence-corrected chi connectivity index (χ1v) is 3.44. The van der Waals surface area contributed by atoms with E-state index in [9.17, 15) is 18.0 Å². The third-order valence-corrected chi connectivity index (χ3v) is 0.964. The highest BCUT2D eigenvalue weighted by Crippen LogP contribution is 2.11. The number of hydrogen-bond acceptors (Lipinski definition) is 1. The van der Waals surface area contributed by atoms with Crippen LogP contribution in [-0.4, -0.2) is 25.3 Å². The maximum atomic E-state index is 11.5. The maximum absolute atomic E-state index is 11.5. The van der Waals surface area contributed by atoms with E-state index >= 15 is 0 Å². The van der Waals surface area contributed by atoms with Gasteiger partial charge in [-0.3, -0.25) is 0 Å². The molecule has 0 fully saturated rings. The van der Waals surface area contributed by atoms with Gasteiger partial charge in [-0.25, -0.2) is 4.79 Å². The SMILES string of the molecule is CC#CCNC(=O)NCC(F)(F)F. The standard InChI is InChI=1S/C7H9F3N2O/c1-2-3-4-11-6(13)12-5-7(8,9)10/h4-5H2,1H3,(H2,11,12,13).